The number of hydrogen-bond acceptors (Lipinski definition) is 2. The lowest BCUT2D eigenvalue weighted by Gasteiger charge is -2.00. The van der Waals surface area contributed by atoms with Crippen LogP contribution in [0.25, 0.3) is 0 Å². The number of rotatable bonds is 4. The molecule has 0 saturated heterocycles. The van der Waals surface area contributed by atoms with Crippen molar-refractivity contribution in [2.45, 2.75) is 19.8 Å². The summed E-state index contributed by atoms with van der Waals surface area (Å²) in [7, 11) is 0. The molecule has 0 radical (unpaired) electrons. The summed E-state index contributed by atoms with van der Waals surface area (Å²) in [5.74, 6) is 0.131. The summed E-state index contributed by atoms with van der Waals surface area (Å²) in [5.41, 5.74) is 0. The Bertz CT molecular complexity index is 231. The molecule has 1 aromatic heterocycles. The normalized spacial score (nSPS) is 9.75. The summed E-state index contributed by atoms with van der Waals surface area (Å²) in [5, 5.41) is 4.89. The Hall–Kier alpha value is -0.830. The molecule has 12 heavy (non-hydrogen) atoms. The monoisotopic (exact) mass is 183 g/mol. The van der Waals surface area contributed by atoms with Crippen molar-refractivity contribution in [3.05, 3.63) is 22.4 Å². The number of carbonyl (C=O) groups excluding carboxylic acids is 1. The second-order valence-corrected chi connectivity index (χ2v) is 3.57. The van der Waals surface area contributed by atoms with Gasteiger partial charge in [-0.2, -0.15) is 0 Å². The summed E-state index contributed by atoms with van der Waals surface area (Å²) < 4.78 is 0. The van der Waals surface area contributed by atoms with Gasteiger partial charge in [0.15, 0.2) is 0 Å². The van der Waals surface area contributed by atoms with E-state index in [-0.39, 0.29) is 5.91 Å². The minimum atomic E-state index is 0.131. The molecule has 1 heterocycles. The third kappa shape index (κ3) is 3.05. The first kappa shape index (κ1) is 9.26. The van der Waals surface area contributed by atoms with E-state index < -0.39 is 0 Å². The van der Waals surface area contributed by atoms with Crippen LogP contribution in [0.1, 0.15) is 18.2 Å². The van der Waals surface area contributed by atoms with Gasteiger partial charge in [-0.05, 0) is 17.9 Å². The molecule has 0 aliphatic heterocycles. The highest BCUT2D eigenvalue weighted by molar-refractivity contribution is 7.09. The lowest BCUT2D eigenvalue weighted by atomic mass is 10.3. The summed E-state index contributed by atoms with van der Waals surface area (Å²) in [6.45, 7) is 2.62. The van der Waals surface area contributed by atoms with Crippen LogP contribution in [0.5, 0.6) is 0 Å². The van der Waals surface area contributed by atoms with E-state index >= 15 is 0 Å². The first-order valence-corrected chi connectivity index (χ1v) is 5.00. The van der Waals surface area contributed by atoms with E-state index in [0.717, 1.165) is 13.0 Å². The van der Waals surface area contributed by atoms with Crippen molar-refractivity contribution in [1.82, 2.24) is 5.32 Å². The largest absolute Gasteiger partial charge is 0.356 e. The Morgan fingerprint density at radius 3 is 3.08 bits per heavy atom. The van der Waals surface area contributed by atoms with Gasteiger partial charge in [-0.1, -0.05) is 13.0 Å². The first-order valence-electron chi connectivity index (χ1n) is 4.12. The minimum Gasteiger partial charge on any atom is -0.356 e. The zero-order chi connectivity index (χ0) is 8.81. The van der Waals surface area contributed by atoms with Gasteiger partial charge in [0.2, 0.25) is 5.91 Å². The van der Waals surface area contributed by atoms with Crippen LogP contribution in [0.15, 0.2) is 17.5 Å². The van der Waals surface area contributed by atoms with Gasteiger partial charge in [-0.15, -0.1) is 11.3 Å². The molecule has 1 amide bonds. The summed E-state index contributed by atoms with van der Waals surface area (Å²) in [4.78, 5) is 12.2. The van der Waals surface area contributed by atoms with Crippen LogP contribution < -0.4 is 5.32 Å². The molecule has 2 nitrogen and oxygen atoms in total. The quantitative estimate of drug-likeness (QED) is 0.758. The van der Waals surface area contributed by atoms with Crippen molar-refractivity contribution < 1.29 is 4.79 Å². The highest BCUT2D eigenvalue weighted by Gasteiger charge is 1.96. The van der Waals surface area contributed by atoms with E-state index in [0.29, 0.717) is 6.42 Å². The maximum atomic E-state index is 10.8. The lowest BCUT2D eigenvalue weighted by Crippen LogP contribution is -2.24. The predicted octanol–water partition coefficient (Wildman–Crippen LogP) is 1.82. The fourth-order valence-electron chi connectivity index (χ4n) is 0.905. The molecule has 1 N–H and O–H groups in total. The van der Waals surface area contributed by atoms with Gasteiger partial charge >= 0.3 is 0 Å². The second-order valence-electron chi connectivity index (χ2n) is 2.53. The second kappa shape index (κ2) is 4.93. The van der Waals surface area contributed by atoms with Gasteiger partial charge in [0, 0.05) is 17.8 Å². The Kier molecular flexibility index (Phi) is 3.80. The highest BCUT2D eigenvalue weighted by Crippen LogP contribution is 2.07. The molecule has 3 heteroatoms. The van der Waals surface area contributed by atoms with Crippen molar-refractivity contribution in [3.63, 3.8) is 0 Å². The number of hydrogen-bond donors (Lipinski definition) is 1. The van der Waals surface area contributed by atoms with E-state index in [9.17, 15) is 4.79 Å². The molecule has 0 spiro atoms. The van der Waals surface area contributed by atoms with Crippen LogP contribution in [-0.2, 0) is 11.2 Å². The van der Waals surface area contributed by atoms with E-state index in [4.69, 9.17) is 0 Å². The van der Waals surface area contributed by atoms with Crippen LogP contribution >= 0.6 is 11.3 Å². The maximum Gasteiger partial charge on any atom is 0.219 e. The minimum absolute atomic E-state index is 0.131. The third-order valence-corrected chi connectivity index (χ3v) is 2.53. The highest BCUT2D eigenvalue weighted by atomic mass is 32.1. The molecule has 0 aliphatic carbocycles. The standard InChI is InChI=1S/C9H13NOS/c1-2-9(11)10-6-5-8-4-3-7-12-8/h3-4,7H,2,5-6H2,1H3,(H,10,11). The molecule has 1 rings (SSSR count). The molecule has 1 aromatic rings. The average molecular weight is 183 g/mol. The topological polar surface area (TPSA) is 29.1 Å². The molecular formula is C9H13NOS. The third-order valence-electron chi connectivity index (χ3n) is 1.59. The van der Waals surface area contributed by atoms with E-state index in [2.05, 4.69) is 16.8 Å². The van der Waals surface area contributed by atoms with Crippen molar-refractivity contribution >= 4 is 17.2 Å². The fourth-order valence-corrected chi connectivity index (χ4v) is 1.61. The Morgan fingerprint density at radius 1 is 1.67 bits per heavy atom. The lowest BCUT2D eigenvalue weighted by molar-refractivity contribution is -0.120. The number of nitrogens with one attached hydrogen (secondary N) is 1. The smallest absolute Gasteiger partial charge is 0.219 e. The van der Waals surface area contributed by atoms with Crippen LogP contribution in [0.4, 0.5) is 0 Å². The molecule has 0 atom stereocenters. The first-order chi connectivity index (χ1) is 5.83. The molecule has 0 unspecified atom stereocenters. The van der Waals surface area contributed by atoms with Crippen molar-refractivity contribution in [1.29, 1.82) is 0 Å². The van der Waals surface area contributed by atoms with Crippen LogP contribution in [0.3, 0.4) is 0 Å². The Morgan fingerprint density at radius 2 is 2.50 bits per heavy atom. The van der Waals surface area contributed by atoms with Crippen molar-refractivity contribution in [2.24, 2.45) is 0 Å². The molecule has 0 fully saturated rings. The van der Waals surface area contributed by atoms with Gasteiger partial charge in [0.1, 0.15) is 0 Å². The van der Waals surface area contributed by atoms with E-state index in [1.165, 1.54) is 4.88 Å². The van der Waals surface area contributed by atoms with Gasteiger partial charge in [-0.3, -0.25) is 4.79 Å². The number of amides is 1. The summed E-state index contributed by atoms with van der Waals surface area (Å²) in [6, 6.07) is 4.12. The SMILES string of the molecule is CCC(=O)NCCc1cccs1. The Balaban J connectivity index is 2.15. The van der Waals surface area contributed by atoms with Crippen LogP contribution in [0, 0.1) is 0 Å². The number of thiophene rings is 1. The van der Waals surface area contributed by atoms with E-state index in [1.807, 2.05) is 13.0 Å². The summed E-state index contributed by atoms with van der Waals surface area (Å²) >= 11 is 1.73. The zero-order valence-electron chi connectivity index (χ0n) is 7.17. The average Bonchev–Trinajstić information content (AvgIpc) is 2.57. The molecule has 66 valence electrons. The van der Waals surface area contributed by atoms with Crippen molar-refractivity contribution in [3.8, 4) is 0 Å². The Labute approximate surface area is 76.6 Å². The van der Waals surface area contributed by atoms with Gasteiger partial charge in [-0.25, -0.2) is 0 Å². The van der Waals surface area contributed by atoms with E-state index in [1.54, 1.807) is 11.3 Å². The fraction of sp³-hybridized carbons (Fsp3) is 0.444. The predicted molar refractivity (Wildman–Crippen MR) is 51.3 cm³/mol. The van der Waals surface area contributed by atoms with Gasteiger partial charge in [0.25, 0.3) is 0 Å². The molecular weight excluding hydrogens is 170 g/mol. The zero-order valence-corrected chi connectivity index (χ0v) is 7.99. The van der Waals surface area contributed by atoms with Gasteiger partial charge in [0.05, 0.1) is 0 Å². The van der Waals surface area contributed by atoms with Gasteiger partial charge < -0.3 is 5.32 Å². The van der Waals surface area contributed by atoms with Crippen LogP contribution in [0.2, 0.25) is 0 Å². The number of carbonyl (C=O) groups is 1. The van der Waals surface area contributed by atoms with Crippen LogP contribution in [-0.4, -0.2) is 12.5 Å². The summed E-state index contributed by atoms with van der Waals surface area (Å²) in [6.07, 6.45) is 1.52. The van der Waals surface area contributed by atoms with Crippen molar-refractivity contribution in [2.75, 3.05) is 6.54 Å². The molecule has 0 aromatic carbocycles. The molecule has 0 aliphatic rings. The maximum absolute atomic E-state index is 10.8. The molecule has 0 bridgehead atoms. The molecule has 0 saturated carbocycles.